The number of anilines is 1. The van der Waals surface area contributed by atoms with Crippen molar-refractivity contribution >= 4 is 5.69 Å². The maximum absolute atomic E-state index is 13.4. The topological polar surface area (TPSA) is 43.7 Å². The van der Waals surface area contributed by atoms with Crippen LogP contribution in [0.4, 0.5) is 10.1 Å². The quantitative estimate of drug-likeness (QED) is 0.881. The summed E-state index contributed by atoms with van der Waals surface area (Å²) in [5.41, 5.74) is 2.82. The smallest absolute Gasteiger partial charge is 0.125 e. The molecular formula is C16H16FNO2. The molecule has 0 aliphatic carbocycles. The first-order valence-corrected chi connectivity index (χ1v) is 6.62. The average Bonchev–Trinajstić information content (AvgIpc) is 2.79. The molecule has 0 bridgehead atoms. The molecule has 1 aliphatic rings. The Morgan fingerprint density at radius 3 is 2.50 bits per heavy atom. The van der Waals surface area contributed by atoms with Crippen LogP contribution < -0.4 is 4.90 Å². The van der Waals surface area contributed by atoms with E-state index in [9.17, 15) is 14.6 Å². The number of nitrogens with zero attached hydrogens (tertiary/aromatic N) is 1. The molecule has 4 heteroatoms. The lowest BCUT2D eigenvalue weighted by Crippen LogP contribution is -2.24. The van der Waals surface area contributed by atoms with Gasteiger partial charge in [0.25, 0.3) is 0 Å². The highest BCUT2D eigenvalue weighted by molar-refractivity contribution is 5.60. The maximum atomic E-state index is 13.4. The molecule has 0 radical (unpaired) electrons. The van der Waals surface area contributed by atoms with E-state index in [1.165, 1.54) is 12.1 Å². The maximum Gasteiger partial charge on any atom is 0.125 e. The zero-order valence-corrected chi connectivity index (χ0v) is 11.2. The van der Waals surface area contributed by atoms with E-state index in [1.807, 2.05) is 13.0 Å². The molecule has 3 rings (SSSR count). The number of benzene rings is 2. The van der Waals surface area contributed by atoms with Crippen LogP contribution in [-0.4, -0.2) is 16.8 Å². The van der Waals surface area contributed by atoms with Crippen molar-refractivity contribution in [2.24, 2.45) is 0 Å². The number of rotatable bonds is 2. The summed E-state index contributed by atoms with van der Waals surface area (Å²) in [6.07, 6.45) is 0.880. The fourth-order valence-electron chi connectivity index (χ4n) is 2.82. The van der Waals surface area contributed by atoms with Gasteiger partial charge in [0.2, 0.25) is 0 Å². The number of hydrogen-bond donors (Lipinski definition) is 2. The minimum absolute atomic E-state index is 0.0329. The lowest BCUT2D eigenvalue weighted by molar-refractivity contribution is 0.448. The molecule has 0 fully saturated rings. The number of phenols is 2. The molecule has 0 saturated heterocycles. The van der Waals surface area contributed by atoms with E-state index in [1.54, 1.807) is 18.2 Å². The van der Waals surface area contributed by atoms with Gasteiger partial charge in [-0.05, 0) is 48.7 Å². The molecule has 2 aromatic carbocycles. The Labute approximate surface area is 116 Å². The predicted molar refractivity (Wildman–Crippen MR) is 75.6 cm³/mol. The summed E-state index contributed by atoms with van der Waals surface area (Å²) in [7, 11) is 0. The monoisotopic (exact) mass is 273 g/mol. The van der Waals surface area contributed by atoms with Crippen molar-refractivity contribution in [3.8, 4) is 11.5 Å². The van der Waals surface area contributed by atoms with Crippen LogP contribution in [0.1, 0.15) is 24.1 Å². The summed E-state index contributed by atoms with van der Waals surface area (Å²) >= 11 is 0. The van der Waals surface area contributed by atoms with Gasteiger partial charge in [-0.2, -0.15) is 0 Å². The minimum Gasteiger partial charge on any atom is -0.508 e. The van der Waals surface area contributed by atoms with Crippen molar-refractivity contribution in [3.63, 3.8) is 0 Å². The minimum atomic E-state index is -0.249. The number of halogens is 1. The fraction of sp³-hybridized carbons (Fsp3) is 0.250. The first-order valence-electron chi connectivity index (χ1n) is 6.62. The fourth-order valence-corrected chi connectivity index (χ4v) is 2.82. The van der Waals surface area contributed by atoms with E-state index in [2.05, 4.69) is 4.90 Å². The summed E-state index contributed by atoms with van der Waals surface area (Å²) in [6, 6.07) is 9.35. The zero-order chi connectivity index (χ0) is 14.3. The molecule has 0 spiro atoms. The predicted octanol–water partition coefficient (Wildman–Crippen LogP) is 3.36. The molecule has 3 nitrogen and oxygen atoms in total. The molecule has 20 heavy (non-hydrogen) atoms. The normalized spacial score (nSPS) is 15.2. The van der Waals surface area contributed by atoms with Gasteiger partial charge < -0.3 is 15.1 Å². The van der Waals surface area contributed by atoms with Gasteiger partial charge in [0, 0.05) is 18.3 Å². The largest absolute Gasteiger partial charge is 0.508 e. The second-order valence-electron chi connectivity index (χ2n) is 5.18. The van der Waals surface area contributed by atoms with Gasteiger partial charge in [0.15, 0.2) is 0 Å². The van der Waals surface area contributed by atoms with Gasteiger partial charge in [-0.1, -0.05) is 6.07 Å². The molecule has 2 N–H and O–H groups in total. The molecule has 1 atom stereocenters. The molecule has 104 valence electrons. The van der Waals surface area contributed by atoms with Crippen LogP contribution in [0.3, 0.4) is 0 Å². The molecule has 0 amide bonds. The van der Waals surface area contributed by atoms with Gasteiger partial charge in [-0.3, -0.25) is 0 Å². The van der Waals surface area contributed by atoms with Crippen LogP contribution in [0.2, 0.25) is 0 Å². The second kappa shape index (κ2) is 4.71. The summed E-state index contributed by atoms with van der Waals surface area (Å²) < 4.78 is 13.4. The standard InChI is InChI=1S/C16H16FNO2/c1-10(12-6-14(19)9-15(20)7-12)18-5-4-11-2-3-13(17)8-16(11)18/h2-3,6-10,19-20H,4-5H2,1H3. The number of hydrogen-bond acceptors (Lipinski definition) is 3. The van der Waals surface area contributed by atoms with Crippen molar-refractivity contribution < 1.29 is 14.6 Å². The van der Waals surface area contributed by atoms with Gasteiger partial charge in [-0.25, -0.2) is 4.39 Å². The summed E-state index contributed by atoms with van der Waals surface area (Å²) in [6.45, 7) is 2.78. The van der Waals surface area contributed by atoms with Crippen molar-refractivity contribution in [1.29, 1.82) is 0 Å². The highest BCUT2D eigenvalue weighted by Gasteiger charge is 2.25. The molecule has 0 aromatic heterocycles. The van der Waals surface area contributed by atoms with Crippen LogP contribution >= 0.6 is 0 Å². The number of aromatic hydroxyl groups is 2. The van der Waals surface area contributed by atoms with E-state index >= 15 is 0 Å². The first-order chi connectivity index (χ1) is 9.54. The highest BCUT2D eigenvalue weighted by Crippen LogP contribution is 2.37. The third-order valence-corrected chi connectivity index (χ3v) is 3.85. The Bertz CT molecular complexity index is 637. The Morgan fingerprint density at radius 2 is 1.80 bits per heavy atom. The SMILES string of the molecule is CC(c1cc(O)cc(O)c1)N1CCc2ccc(F)cc21. The van der Waals surface area contributed by atoms with Gasteiger partial charge in [-0.15, -0.1) is 0 Å². The summed E-state index contributed by atoms with van der Waals surface area (Å²) in [5, 5.41) is 19.2. The molecule has 1 unspecified atom stereocenters. The molecule has 2 aromatic rings. The number of phenolic OH excluding ortho intramolecular Hbond substituents is 2. The van der Waals surface area contributed by atoms with E-state index < -0.39 is 0 Å². The van der Waals surface area contributed by atoms with Gasteiger partial charge >= 0.3 is 0 Å². The van der Waals surface area contributed by atoms with Crippen LogP contribution in [-0.2, 0) is 6.42 Å². The summed E-state index contributed by atoms with van der Waals surface area (Å²) in [4.78, 5) is 2.09. The summed E-state index contributed by atoms with van der Waals surface area (Å²) in [5.74, 6) is -0.183. The van der Waals surface area contributed by atoms with Gasteiger partial charge in [0.1, 0.15) is 17.3 Å². The molecule has 1 aliphatic heterocycles. The Balaban J connectivity index is 1.97. The average molecular weight is 273 g/mol. The van der Waals surface area contributed by atoms with E-state index in [0.29, 0.717) is 0 Å². The zero-order valence-electron chi connectivity index (χ0n) is 11.2. The molecule has 0 saturated carbocycles. The van der Waals surface area contributed by atoms with Gasteiger partial charge in [0.05, 0.1) is 6.04 Å². The van der Waals surface area contributed by atoms with Crippen LogP contribution in [0.15, 0.2) is 36.4 Å². The third kappa shape index (κ3) is 2.18. The van der Waals surface area contributed by atoms with E-state index in [4.69, 9.17) is 0 Å². The first kappa shape index (κ1) is 12.8. The van der Waals surface area contributed by atoms with E-state index in [0.717, 1.165) is 29.8 Å². The second-order valence-corrected chi connectivity index (χ2v) is 5.18. The highest BCUT2D eigenvalue weighted by atomic mass is 19.1. The van der Waals surface area contributed by atoms with Crippen molar-refractivity contribution in [1.82, 2.24) is 0 Å². The van der Waals surface area contributed by atoms with Crippen molar-refractivity contribution in [2.45, 2.75) is 19.4 Å². The number of fused-ring (bicyclic) bond motifs is 1. The lowest BCUT2D eigenvalue weighted by atomic mass is 10.1. The Morgan fingerprint density at radius 1 is 1.10 bits per heavy atom. The van der Waals surface area contributed by atoms with Crippen LogP contribution in [0.25, 0.3) is 0 Å². The Kier molecular flexibility index (Phi) is 3.01. The van der Waals surface area contributed by atoms with Crippen LogP contribution in [0, 0.1) is 5.82 Å². The third-order valence-electron chi connectivity index (χ3n) is 3.85. The van der Waals surface area contributed by atoms with Crippen LogP contribution in [0.5, 0.6) is 11.5 Å². The lowest BCUT2D eigenvalue weighted by Gasteiger charge is -2.28. The molecule has 1 heterocycles. The van der Waals surface area contributed by atoms with E-state index in [-0.39, 0.29) is 23.4 Å². The van der Waals surface area contributed by atoms with Crippen molar-refractivity contribution in [3.05, 3.63) is 53.3 Å². The Hall–Kier alpha value is -2.23. The molecular weight excluding hydrogens is 257 g/mol. The van der Waals surface area contributed by atoms with Crippen molar-refractivity contribution in [2.75, 3.05) is 11.4 Å².